The summed E-state index contributed by atoms with van der Waals surface area (Å²) in [5, 5.41) is 0. The van der Waals surface area contributed by atoms with Crippen molar-refractivity contribution >= 4 is 27.0 Å². The first-order chi connectivity index (χ1) is 9.74. The summed E-state index contributed by atoms with van der Waals surface area (Å²) in [6, 6.07) is 14.4. The summed E-state index contributed by atoms with van der Waals surface area (Å²) >= 11 is 3.61. The van der Waals surface area contributed by atoms with E-state index in [4.69, 9.17) is 10.7 Å². The van der Waals surface area contributed by atoms with Crippen LogP contribution in [0.25, 0.3) is 22.4 Å². The van der Waals surface area contributed by atoms with Gasteiger partial charge in [0.2, 0.25) is 0 Å². The second-order valence-corrected chi connectivity index (χ2v) is 5.54. The van der Waals surface area contributed by atoms with Crippen molar-refractivity contribution in [1.82, 2.24) is 9.55 Å². The Morgan fingerprint density at radius 1 is 1.20 bits per heavy atom. The van der Waals surface area contributed by atoms with Crippen LogP contribution in [-0.2, 0) is 13.1 Å². The predicted molar refractivity (Wildman–Crippen MR) is 86.4 cm³/mol. The number of halogens is 1. The number of fused-ring (bicyclic) bond motifs is 1. The van der Waals surface area contributed by atoms with E-state index in [1.807, 2.05) is 18.2 Å². The highest BCUT2D eigenvalue weighted by Crippen LogP contribution is 2.30. The molecule has 3 aromatic rings. The lowest BCUT2D eigenvalue weighted by molar-refractivity contribution is 0.796. The van der Waals surface area contributed by atoms with E-state index in [-0.39, 0.29) is 0 Å². The number of aryl methyl sites for hydroxylation is 1. The van der Waals surface area contributed by atoms with Gasteiger partial charge in [-0.3, -0.25) is 0 Å². The first-order valence-corrected chi connectivity index (χ1v) is 7.48. The van der Waals surface area contributed by atoms with Gasteiger partial charge in [0.15, 0.2) is 0 Å². The molecular weight excluding hydrogens is 314 g/mol. The summed E-state index contributed by atoms with van der Waals surface area (Å²) in [5.41, 5.74) is 10.1. The van der Waals surface area contributed by atoms with E-state index in [2.05, 4.69) is 51.7 Å². The lowest BCUT2D eigenvalue weighted by Gasteiger charge is -2.07. The number of rotatable bonds is 3. The van der Waals surface area contributed by atoms with Gasteiger partial charge in [-0.25, -0.2) is 4.98 Å². The van der Waals surface area contributed by atoms with Crippen molar-refractivity contribution in [3.63, 3.8) is 0 Å². The average molecular weight is 330 g/mol. The minimum atomic E-state index is 0.541. The first-order valence-electron chi connectivity index (χ1n) is 6.68. The molecule has 1 aromatic heterocycles. The Labute approximate surface area is 126 Å². The Balaban J connectivity index is 2.28. The van der Waals surface area contributed by atoms with Gasteiger partial charge in [0, 0.05) is 23.1 Å². The number of benzene rings is 2. The van der Waals surface area contributed by atoms with Gasteiger partial charge in [-0.1, -0.05) is 40.2 Å². The summed E-state index contributed by atoms with van der Waals surface area (Å²) < 4.78 is 3.29. The van der Waals surface area contributed by atoms with Crippen LogP contribution in [0.2, 0.25) is 0 Å². The fourth-order valence-electron chi connectivity index (χ4n) is 2.47. The van der Waals surface area contributed by atoms with E-state index in [9.17, 15) is 0 Å². The molecule has 0 fully saturated rings. The zero-order valence-electron chi connectivity index (χ0n) is 11.3. The largest absolute Gasteiger partial charge is 0.326 e. The van der Waals surface area contributed by atoms with Crippen LogP contribution in [0.1, 0.15) is 12.5 Å². The number of hydrogen-bond donors (Lipinski definition) is 1. The minimum absolute atomic E-state index is 0.541. The van der Waals surface area contributed by atoms with E-state index in [1.54, 1.807) is 0 Å². The van der Waals surface area contributed by atoms with Crippen molar-refractivity contribution < 1.29 is 0 Å². The topological polar surface area (TPSA) is 43.8 Å². The molecule has 3 rings (SSSR count). The summed E-state index contributed by atoms with van der Waals surface area (Å²) in [6.45, 7) is 3.56. The Bertz CT molecular complexity index is 762. The van der Waals surface area contributed by atoms with Crippen molar-refractivity contribution in [3.8, 4) is 11.4 Å². The first kappa shape index (κ1) is 13.3. The lowest BCUT2D eigenvalue weighted by atomic mass is 10.2. The van der Waals surface area contributed by atoms with E-state index < -0.39 is 0 Å². The molecule has 0 saturated carbocycles. The molecule has 2 N–H and O–H groups in total. The van der Waals surface area contributed by atoms with Crippen LogP contribution in [0, 0.1) is 0 Å². The number of aromatic nitrogens is 2. The molecule has 20 heavy (non-hydrogen) atoms. The summed E-state index contributed by atoms with van der Waals surface area (Å²) in [5.74, 6) is 0.990. The van der Waals surface area contributed by atoms with Gasteiger partial charge in [0.05, 0.1) is 11.0 Å². The molecule has 4 heteroatoms. The van der Waals surface area contributed by atoms with Crippen LogP contribution in [-0.4, -0.2) is 9.55 Å². The molecule has 0 unspecified atom stereocenters. The van der Waals surface area contributed by atoms with Gasteiger partial charge in [0.1, 0.15) is 5.82 Å². The number of nitrogens with zero attached hydrogens (tertiary/aromatic N) is 2. The monoisotopic (exact) mass is 329 g/mol. The third-order valence-corrected chi connectivity index (χ3v) is 4.17. The quantitative estimate of drug-likeness (QED) is 0.790. The molecule has 0 aliphatic carbocycles. The van der Waals surface area contributed by atoms with Crippen molar-refractivity contribution in [2.24, 2.45) is 5.73 Å². The van der Waals surface area contributed by atoms with Crippen molar-refractivity contribution in [2.75, 3.05) is 0 Å². The predicted octanol–water partition coefficient (Wildman–Crippen LogP) is 3.94. The van der Waals surface area contributed by atoms with Gasteiger partial charge < -0.3 is 10.3 Å². The minimum Gasteiger partial charge on any atom is -0.326 e. The summed E-state index contributed by atoms with van der Waals surface area (Å²) in [6.07, 6.45) is 0. The van der Waals surface area contributed by atoms with Gasteiger partial charge in [0.25, 0.3) is 0 Å². The fraction of sp³-hybridized carbons (Fsp3) is 0.188. The normalized spacial score (nSPS) is 11.2. The molecule has 0 aliphatic heterocycles. The molecule has 0 aliphatic rings. The molecule has 3 nitrogen and oxygen atoms in total. The lowest BCUT2D eigenvalue weighted by Crippen LogP contribution is -1.98. The second-order valence-electron chi connectivity index (χ2n) is 4.69. The maximum Gasteiger partial charge on any atom is 0.142 e. The second kappa shape index (κ2) is 5.38. The van der Waals surface area contributed by atoms with Crippen LogP contribution >= 0.6 is 15.9 Å². The van der Waals surface area contributed by atoms with Gasteiger partial charge >= 0.3 is 0 Å². The Kier molecular flexibility index (Phi) is 3.59. The Hall–Kier alpha value is -1.65. The van der Waals surface area contributed by atoms with Crippen molar-refractivity contribution in [3.05, 3.63) is 52.5 Å². The molecule has 2 aromatic carbocycles. The van der Waals surface area contributed by atoms with Crippen LogP contribution in [0.3, 0.4) is 0 Å². The van der Waals surface area contributed by atoms with Crippen LogP contribution in [0.15, 0.2) is 46.9 Å². The van der Waals surface area contributed by atoms with Gasteiger partial charge in [-0.15, -0.1) is 0 Å². The van der Waals surface area contributed by atoms with Crippen LogP contribution < -0.4 is 5.73 Å². The summed E-state index contributed by atoms with van der Waals surface area (Å²) in [4.78, 5) is 4.80. The third-order valence-electron chi connectivity index (χ3n) is 3.48. The molecule has 0 saturated heterocycles. The number of hydrogen-bond acceptors (Lipinski definition) is 2. The SMILES string of the molecule is CCn1c(-c2ccccc2Br)nc2cc(CN)ccc21. The highest BCUT2D eigenvalue weighted by molar-refractivity contribution is 9.10. The number of nitrogens with two attached hydrogens (primary N) is 1. The van der Waals surface area contributed by atoms with Crippen LogP contribution in [0.5, 0.6) is 0 Å². The molecule has 1 heterocycles. The maximum atomic E-state index is 5.71. The molecule has 0 atom stereocenters. The molecule has 0 bridgehead atoms. The Morgan fingerprint density at radius 2 is 2.00 bits per heavy atom. The molecular formula is C16H16BrN3. The molecule has 0 amide bonds. The highest BCUT2D eigenvalue weighted by Gasteiger charge is 2.13. The van der Waals surface area contributed by atoms with E-state index >= 15 is 0 Å². The highest BCUT2D eigenvalue weighted by atomic mass is 79.9. The zero-order valence-corrected chi connectivity index (χ0v) is 12.9. The maximum absolute atomic E-state index is 5.71. The smallest absolute Gasteiger partial charge is 0.142 e. The molecule has 0 spiro atoms. The average Bonchev–Trinajstić information content (AvgIpc) is 2.84. The van der Waals surface area contributed by atoms with E-state index in [1.165, 1.54) is 0 Å². The van der Waals surface area contributed by atoms with Crippen LogP contribution in [0.4, 0.5) is 0 Å². The third kappa shape index (κ3) is 2.15. The van der Waals surface area contributed by atoms with E-state index in [0.717, 1.165) is 39.0 Å². The van der Waals surface area contributed by atoms with Crippen molar-refractivity contribution in [2.45, 2.75) is 20.0 Å². The van der Waals surface area contributed by atoms with Gasteiger partial charge in [-0.2, -0.15) is 0 Å². The number of imidazole rings is 1. The Morgan fingerprint density at radius 3 is 2.70 bits per heavy atom. The summed E-state index contributed by atoms with van der Waals surface area (Å²) in [7, 11) is 0. The zero-order chi connectivity index (χ0) is 14.1. The van der Waals surface area contributed by atoms with Crippen molar-refractivity contribution in [1.29, 1.82) is 0 Å². The van der Waals surface area contributed by atoms with E-state index in [0.29, 0.717) is 6.54 Å². The molecule has 0 radical (unpaired) electrons. The molecule has 102 valence electrons. The van der Waals surface area contributed by atoms with Gasteiger partial charge in [-0.05, 0) is 30.7 Å². The fourth-order valence-corrected chi connectivity index (χ4v) is 2.93. The standard InChI is InChI=1S/C16H16BrN3/c1-2-20-15-8-7-11(10-18)9-14(15)19-16(20)12-5-3-4-6-13(12)17/h3-9H,2,10,18H2,1H3.